The van der Waals surface area contributed by atoms with Crippen molar-refractivity contribution in [1.82, 2.24) is 0 Å². The van der Waals surface area contributed by atoms with Crippen LogP contribution in [0.3, 0.4) is 0 Å². The summed E-state index contributed by atoms with van der Waals surface area (Å²) >= 11 is 8.18. The van der Waals surface area contributed by atoms with Crippen molar-refractivity contribution < 1.29 is 9.84 Å². The smallest absolute Gasteiger partial charge is 0.136 e. The van der Waals surface area contributed by atoms with Crippen LogP contribution in [-0.4, -0.2) is 11.7 Å². The molecule has 0 radical (unpaired) electrons. The van der Waals surface area contributed by atoms with Crippen molar-refractivity contribution in [3.8, 4) is 0 Å². The molecule has 0 fully saturated rings. The predicted molar refractivity (Wildman–Crippen MR) is 72.4 cm³/mol. The molecular formula is C12H12ClIO2. The van der Waals surface area contributed by atoms with E-state index < -0.39 is 6.10 Å². The van der Waals surface area contributed by atoms with Crippen molar-refractivity contribution in [3.63, 3.8) is 0 Å². The van der Waals surface area contributed by atoms with Crippen LogP contribution in [0.1, 0.15) is 24.5 Å². The second-order valence-corrected chi connectivity index (χ2v) is 5.24. The van der Waals surface area contributed by atoms with E-state index in [0.29, 0.717) is 17.4 Å². The summed E-state index contributed by atoms with van der Waals surface area (Å²) in [4.78, 5) is 0. The molecule has 0 aliphatic carbocycles. The van der Waals surface area contributed by atoms with Gasteiger partial charge in [-0.25, -0.2) is 0 Å². The molecule has 0 bridgehead atoms. The first-order valence-corrected chi connectivity index (χ1v) is 6.60. The van der Waals surface area contributed by atoms with Gasteiger partial charge in [-0.05, 0) is 59.2 Å². The van der Waals surface area contributed by atoms with E-state index in [1.54, 1.807) is 6.07 Å². The van der Waals surface area contributed by atoms with Crippen LogP contribution in [0.15, 0.2) is 30.0 Å². The van der Waals surface area contributed by atoms with Crippen molar-refractivity contribution in [2.75, 3.05) is 6.61 Å². The highest BCUT2D eigenvalue weighted by Crippen LogP contribution is 2.29. The molecule has 0 aromatic heterocycles. The van der Waals surface area contributed by atoms with E-state index in [4.69, 9.17) is 16.3 Å². The van der Waals surface area contributed by atoms with Crippen LogP contribution < -0.4 is 0 Å². The lowest BCUT2D eigenvalue weighted by molar-refractivity contribution is 0.0918. The molecular weight excluding hydrogens is 338 g/mol. The summed E-state index contributed by atoms with van der Waals surface area (Å²) in [5.41, 5.74) is 0.776. The molecule has 2 rings (SSSR count). The molecule has 1 unspecified atom stereocenters. The number of allylic oxidation sites excluding steroid dienone is 1. The van der Waals surface area contributed by atoms with Gasteiger partial charge in [0, 0.05) is 3.57 Å². The topological polar surface area (TPSA) is 29.5 Å². The minimum Gasteiger partial charge on any atom is -0.495 e. The Morgan fingerprint density at radius 3 is 2.88 bits per heavy atom. The quantitative estimate of drug-likeness (QED) is 0.825. The third-order valence-electron chi connectivity index (χ3n) is 2.49. The highest BCUT2D eigenvalue weighted by atomic mass is 127. The maximum Gasteiger partial charge on any atom is 0.136 e. The third kappa shape index (κ3) is 2.70. The lowest BCUT2D eigenvalue weighted by Gasteiger charge is -2.20. The zero-order chi connectivity index (χ0) is 11.5. The lowest BCUT2D eigenvalue weighted by Crippen LogP contribution is -2.09. The number of hydrogen-bond donors (Lipinski definition) is 1. The second-order valence-electron chi connectivity index (χ2n) is 3.67. The number of aliphatic hydroxyl groups is 1. The Morgan fingerprint density at radius 2 is 2.25 bits per heavy atom. The molecule has 0 spiro atoms. The molecule has 1 aliphatic heterocycles. The van der Waals surface area contributed by atoms with E-state index >= 15 is 0 Å². The Kier molecular flexibility index (Phi) is 4.10. The standard InChI is InChI=1S/C12H12ClIO2/c13-9-7-8(4-5-10(9)14)12(15)11-3-1-2-6-16-11/h3-5,7,12,15H,1-2,6H2. The van der Waals surface area contributed by atoms with Crippen molar-refractivity contribution >= 4 is 34.2 Å². The van der Waals surface area contributed by atoms with Crippen LogP contribution in [0.4, 0.5) is 0 Å². The minimum atomic E-state index is -0.699. The van der Waals surface area contributed by atoms with Crippen molar-refractivity contribution in [2.24, 2.45) is 0 Å². The van der Waals surface area contributed by atoms with Gasteiger partial charge in [-0.15, -0.1) is 0 Å². The highest BCUT2D eigenvalue weighted by molar-refractivity contribution is 14.1. The van der Waals surface area contributed by atoms with E-state index in [9.17, 15) is 5.11 Å². The maximum atomic E-state index is 10.1. The molecule has 1 N–H and O–H groups in total. The van der Waals surface area contributed by atoms with Gasteiger partial charge in [-0.2, -0.15) is 0 Å². The van der Waals surface area contributed by atoms with E-state index in [-0.39, 0.29) is 0 Å². The predicted octanol–water partition coefficient (Wildman–Crippen LogP) is 3.67. The monoisotopic (exact) mass is 350 g/mol. The van der Waals surface area contributed by atoms with E-state index in [2.05, 4.69) is 22.6 Å². The fraction of sp³-hybridized carbons (Fsp3) is 0.333. The van der Waals surface area contributed by atoms with Crippen LogP contribution in [0.25, 0.3) is 0 Å². The van der Waals surface area contributed by atoms with E-state index in [1.165, 1.54) is 0 Å². The number of benzene rings is 1. The summed E-state index contributed by atoms with van der Waals surface area (Å²) in [6.45, 7) is 0.682. The number of hydrogen-bond acceptors (Lipinski definition) is 2. The first-order chi connectivity index (χ1) is 7.68. The molecule has 0 saturated heterocycles. The Hall–Kier alpha value is -0.260. The average Bonchev–Trinajstić information content (AvgIpc) is 2.33. The summed E-state index contributed by atoms with van der Waals surface area (Å²) in [5.74, 6) is 0.642. The molecule has 1 aliphatic rings. The summed E-state index contributed by atoms with van der Waals surface area (Å²) < 4.78 is 6.41. The third-order valence-corrected chi connectivity index (χ3v) is 4.06. The normalized spacial score (nSPS) is 17.6. The van der Waals surface area contributed by atoms with Gasteiger partial charge < -0.3 is 9.84 Å². The molecule has 1 heterocycles. The van der Waals surface area contributed by atoms with Gasteiger partial charge in [-0.1, -0.05) is 17.7 Å². The Labute approximate surface area is 113 Å². The molecule has 1 atom stereocenters. The van der Waals surface area contributed by atoms with E-state index in [0.717, 1.165) is 22.0 Å². The van der Waals surface area contributed by atoms with Crippen molar-refractivity contribution in [1.29, 1.82) is 0 Å². The number of rotatable bonds is 2. The number of ether oxygens (including phenoxy) is 1. The largest absolute Gasteiger partial charge is 0.495 e. The van der Waals surface area contributed by atoms with Crippen LogP contribution >= 0.6 is 34.2 Å². The van der Waals surface area contributed by atoms with E-state index in [1.807, 2.05) is 18.2 Å². The lowest BCUT2D eigenvalue weighted by atomic mass is 10.1. The van der Waals surface area contributed by atoms with Gasteiger partial charge in [0.15, 0.2) is 0 Å². The number of halogens is 2. The Balaban J connectivity index is 2.22. The molecule has 86 valence electrons. The fourth-order valence-electron chi connectivity index (χ4n) is 1.61. The molecule has 1 aromatic rings. The second kappa shape index (κ2) is 5.38. The molecule has 4 heteroatoms. The van der Waals surface area contributed by atoms with Gasteiger partial charge in [0.2, 0.25) is 0 Å². The molecule has 16 heavy (non-hydrogen) atoms. The first kappa shape index (κ1) is 12.2. The number of aliphatic hydroxyl groups excluding tert-OH is 1. The van der Waals surface area contributed by atoms with Crippen molar-refractivity contribution in [2.45, 2.75) is 18.9 Å². The van der Waals surface area contributed by atoms with Gasteiger partial charge in [0.1, 0.15) is 11.9 Å². The van der Waals surface area contributed by atoms with Gasteiger partial charge in [-0.3, -0.25) is 0 Å². The molecule has 0 saturated carbocycles. The molecule has 2 nitrogen and oxygen atoms in total. The van der Waals surface area contributed by atoms with Crippen LogP contribution in [0.2, 0.25) is 5.02 Å². The van der Waals surface area contributed by atoms with Gasteiger partial charge in [0.25, 0.3) is 0 Å². The van der Waals surface area contributed by atoms with Crippen LogP contribution in [-0.2, 0) is 4.74 Å². The van der Waals surface area contributed by atoms with Crippen LogP contribution in [0.5, 0.6) is 0 Å². The summed E-state index contributed by atoms with van der Waals surface area (Å²) in [6.07, 6.45) is 3.23. The average molecular weight is 351 g/mol. The zero-order valence-corrected chi connectivity index (χ0v) is 11.5. The van der Waals surface area contributed by atoms with Crippen molar-refractivity contribution in [3.05, 3.63) is 44.2 Å². The highest BCUT2D eigenvalue weighted by Gasteiger charge is 2.17. The summed E-state index contributed by atoms with van der Waals surface area (Å²) in [7, 11) is 0. The first-order valence-electron chi connectivity index (χ1n) is 5.14. The Bertz CT molecular complexity index is 417. The van der Waals surface area contributed by atoms with Gasteiger partial charge >= 0.3 is 0 Å². The summed E-state index contributed by atoms with van der Waals surface area (Å²) in [6, 6.07) is 5.55. The fourth-order valence-corrected chi connectivity index (χ4v) is 2.14. The SMILES string of the molecule is OC(C1=CCCCO1)c1ccc(I)c(Cl)c1. The molecule has 0 amide bonds. The van der Waals surface area contributed by atoms with Crippen LogP contribution in [0, 0.1) is 3.57 Å². The Morgan fingerprint density at radius 1 is 1.44 bits per heavy atom. The zero-order valence-electron chi connectivity index (χ0n) is 8.62. The minimum absolute atomic E-state index is 0.642. The maximum absolute atomic E-state index is 10.1. The van der Waals surface area contributed by atoms with Gasteiger partial charge in [0.05, 0.1) is 11.6 Å². The summed E-state index contributed by atoms with van der Waals surface area (Å²) in [5, 5.41) is 10.8. The molecule has 1 aromatic carbocycles.